The summed E-state index contributed by atoms with van der Waals surface area (Å²) in [5.74, 6) is 0.562. The zero-order chi connectivity index (χ0) is 9.97. The zero-order valence-corrected chi connectivity index (χ0v) is 7.44. The predicted molar refractivity (Wildman–Crippen MR) is 53.9 cm³/mol. The maximum atomic E-state index is 10.7. The third-order valence-electron chi connectivity index (χ3n) is 1.97. The Hall–Kier alpha value is -2.03. The van der Waals surface area contributed by atoms with Crippen LogP contribution in [0.2, 0.25) is 0 Å². The first-order valence-corrected chi connectivity index (χ1v) is 4.20. The molecule has 0 saturated heterocycles. The van der Waals surface area contributed by atoms with Gasteiger partial charge in [0.15, 0.2) is 6.29 Å². The van der Waals surface area contributed by atoms with Gasteiger partial charge in [0.25, 0.3) is 0 Å². The van der Waals surface area contributed by atoms with Crippen LogP contribution < -0.4 is 5.73 Å². The minimum atomic E-state index is 0.538. The van der Waals surface area contributed by atoms with Crippen LogP contribution in [0.15, 0.2) is 41.0 Å². The maximum absolute atomic E-state index is 10.7. The molecule has 0 saturated carbocycles. The normalized spacial score (nSPS) is 10.0. The number of benzene rings is 1. The van der Waals surface area contributed by atoms with E-state index in [4.69, 9.17) is 10.2 Å². The van der Waals surface area contributed by atoms with Crippen LogP contribution in [0.3, 0.4) is 0 Å². The second-order valence-electron chi connectivity index (χ2n) is 2.95. The van der Waals surface area contributed by atoms with Gasteiger partial charge in [-0.05, 0) is 18.2 Å². The Labute approximate surface area is 81.1 Å². The molecule has 0 fully saturated rings. The Balaban J connectivity index is 2.54. The largest absolute Gasteiger partial charge is 0.464 e. The summed E-state index contributed by atoms with van der Waals surface area (Å²) in [5.41, 5.74) is 7.63. The molecular weight excluding hydrogens is 178 g/mol. The number of carbonyl (C=O) groups is 1. The molecule has 2 rings (SSSR count). The summed E-state index contributed by atoms with van der Waals surface area (Å²) >= 11 is 0. The minimum absolute atomic E-state index is 0.538. The van der Waals surface area contributed by atoms with E-state index in [1.165, 1.54) is 6.26 Å². The third-order valence-corrected chi connectivity index (χ3v) is 1.97. The van der Waals surface area contributed by atoms with Gasteiger partial charge in [0.2, 0.25) is 0 Å². The fourth-order valence-corrected chi connectivity index (χ4v) is 1.33. The summed E-state index contributed by atoms with van der Waals surface area (Å²) in [6, 6.07) is 8.86. The van der Waals surface area contributed by atoms with Gasteiger partial charge < -0.3 is 10.2 Å². The number of nitrogens with two attached hydrogens (primary N) is 1. The number of hydrogen-bond acceptors (Lipinski definition) is 3. The van der Waals surface area contributed by atoms with E-state index in [-0.39, 0.29) is 0 Å². The number of carbonyl (C=O) groups excluding carboxylic acids is 1. The van der Waals surface area contributed by atoms with Gasteiger partial charge in [0.05, 0.1) is 11.8 Å². The van der Waals surface area contributed by atoms with Gasteiger partial charge in [0, 0.05) is 11.3 Å². The van der Waals surface area contributed by atoms with E-state index in [0.29, 0.717) is 17.0 Å². The highest BCUT2D eigenvalue weighted by Crippen LogP contribution is 2.24. The van der Waals surface area contributed by atoms with E-state index in [9.17, 15) is 4.79 Å². The Morgan fingerprint density at radius 2 is 2.14 bits per heavy atom. The number of anilines is 1. The lowest BCUT2D eigenvalue weighted by Gasteiger charge is -1.99. The van der Waals surface area contributed by atoms with Crippen molar-refractivity contribution in [1.29, 1.82) is 0 Å². The summed E-state index contributed by atoms with van der Waals surface area (Å²) < 4.78 is 5.21. The third kappa shape index (κ3) is 1.40. The summed E-state index contributed by atoms with van der Waals surface area (Å²) in [7, 11) is 0. The average Bonchev–Trinajstić information content (AvgIpc) is 2.65. The standard InChI is InChI=1S/C11H9NO2/c12-10-3-1-2-8(6-10)11-9(7-13)4-5-14-11/h1-7H,12H2. The van der Waals surface area contributed by atoms with Crippen LogP contribution in [-0.4, -0.2) is 6.29 Å². The molecule has 14 heavy (non-hydrogen) atoms. The van der Waals surface area contributed by atoms with Gasteiger partial charge >= 0.3 is 0 Å². The molecule has 2 N–H and O–H groups in total. The van der Waals surface area contributed by atoms with Crippen LogP contribution >= 0.6 is 0 Å². The Bertz CT molecular complexity index is 460. The molecule has 3 nitrogen and oxygen atoms in total. The summed E-state index contributed by atoms with van der Waals surface area (Å²) in [6.07, 6.45) is 2.25. The Morgan fingerprint density at radius 3 is 2.86 bits per heavy atom. The highest BCUT2D eigenvalue weighted by molar-refractivity contribution is 5.85. The molecule has 0 bridgehead atoms. The van der Waals surface area contributed by atoms with Crippen molar-refractivity contribution in [3.63, 3.8) is 0 Å². The average molecular weight is 187 g/mol. The number of nitrogen functional groups attached to an aromatic ring is 1. The highest BCUT2D eigenvalue weighted by Gasteiger charge is 2.07. The topological polar surface area (TPSA) is 56.2 Å². The monoisotopic (exact) mass is 187 g/mol. The van der Waals surface area contributed by atoms with Gasteiger partial charge in [-0.2, -0.15) is 0 Å². The van der Waals surface area contributed by atoms with Crippen molar-refractivity contribution in [2.24, 2.45) is 0 Å². The van der Waals surface area contributed by atoms with E-state index in [1.807, 2.05) is 12.1 Å². The van der Waals surface area contributed by atoms with Crippen LogP contribution in [0.5, 0.6) is 0 Å². The first-order chi connectivity index (χ1) is 6.81. The fourth-order valence-electron chi connectivity index (χ4n) is 1.33. The van der Waals surface area contributed by atoms with Crippen molar-refractivity contribution in [1.82, 2.24) is 0 Å². The zero-order valence-electron chi connectivity index (χ0n) is 7.44. The second-order valence-corrected chi connectivity index (χ2v) is 2.95. The molecule has 0 aliphatic carbocycles. The van der Waals surface area contributed by atoms with E-state index in [0.717, 1.165) is 11.8 Å². The SMILES string of the molecule is Nc1cccc(-c2occc2C=O)c1. The molecule has 0 atom stereocenters. The van der Waals surface area contributed by atoms with Crippen LogP contribution in [0, 0.1) is 0 Å². The molecule has 2 aromatic rings. The molecule has 0 radical (unpaired) electrons. The van der Waals surface area contributed by atoms with Crippen LogP contribution in [0.1, 0.15) is 10.4 Å². The van der Waals surface area contributed by atoms with E-state index in [1.54, 1.807) is 18.2 Å². The minimum Gasteiger partial charge on any atom is -0.464 e. The summed E-state index contributed by atoms with van der Waals surface area (Å²) in [5, 5.41) is 0. The van der Waals surface area contributed by atoms with Crippen LogP contribution in [-0.2, 0) is 0 Å². The Kier molecular flexibility index (Phi) is 2.07. The first-order valence-electron chi connectivity index (χ1n) is 4.20. The molecule has 70 valence electrons. The molecule has 3 heteroatoms. The molecular formula is C11H9NO2. The van der Waals surface area contributed by atoms with Crippen LogP contribution in [0.25, 0.3) is 11.3 Å². The molecule has 0 aliphatic heterocycles. The van der Waals surface area contributed by atoms with E-state index in [2.05, 4.69) is 0 Å². The number of furan rings is 1. The van der Waals surface area contributed by atoms with Crippen molar-refractivity contribution >= 4 is 12.0 Å². The summed E-state index contributed by atoms with van der Waals surface area (Å²) in [4.78, 5) is 10.7. The number of hydrogen-bond donors (Lipinski definition) is 1. The molecule has 0 unspecified atom stereocenters. The first kappa shape index (κ1) is 8.56. The van der Waals surface area contributed by atoms with Gasteiger partial charge in [-0.25, -0.2) is 0 Å². The molecule has 0 spiro atoms. The molecule has 1 aromatic heterocycles. The van der Waals surface area contributed by atoms with Crippen molar-refractivity contribution in [2.75, 3.05) is 5.73 Å². The van der Waals surface area contributed by atoms with Gasteiger partial charge in [-0.3, -0.25) is 4.79 Å². The fraction of sp³-hybridized carbons (Fsp3) is 0. The predicted octanol–water partition coefficient (Wildman–Crippen LogP) is 2.34. The van der Waals surface area contributed by atoms with E-state index >= 15 is 0 Å². The van der Waals surface area contributed by atoms with Gasteiger partial charge in [-0.15, -0.1) is 0 Å². The van der Waals surface area contributed by atoms with Gasteiger partial charge in [-0.1, -0.05) is 12.1 Å². The molecule has 0 amide bonds. The lowest BCUT2D eigenvalue weighted by molar-refractivity contribution is 0.112. The molecule has 1 aromatic carbocycles. The lowest BCUT2D eigenvalue weighted by atomic mass is 10.1. The second kappa shape index (κ2) is 3.38. The highest BCUT2D eigenvalue weighted by atomic mass is 16.3. The molecule has 1 heterocycles. The van der Waals surface area contributed by atoms with Crippen molar-refractivity contribution in [3.05, 3.63) is 42.2 Å². The number of rotatable bonds is 2. The van der Waals surface area contributed by atoms with Crippen molar-refractivity contribution < 1.29 is 9.21 Å². The summed E-state index contributed by atoms with van der Waals surface area (Å²) in [6.45, 7) is 0. The Morgan fingerprint density at radius 1 is 1.29 bits per heavy atom. The lowest BCUT2D eigenvalue weighted by Crippen LogP contribution is -1.86. The van der Waals surface area contributed by atoms with E-state index < -0.39 is 0 Å². The quantitative estimate of drug-likeness (QED) is 0.580. The maximum Gasteiger partial charge on any atom is 0.153 e. The van der Waals surface area contributed by atoms with Crippen molar-refractivity contribution in [2.45, 2.75) is 0 Å². The molecule has 0 aliphatic rings. The van der Waals surface area contributed by atoms with Crippen molar-refractivity contribution in [3.8, 4) is 11.3 Å². The smallest absolute Gasteiger partial charge is 0.153 e. The van der Waals surface area contributed by atoms with Gasteiger partial charge in [0.1, 0.15) is 5.76 Å². The van der Waals surface area contributed by atoms with Crippen LogP contribution in [0.4, 0.5) is 5.69 Å². The number of aldehydes is 1.